The van der Waals surface area contributed by atoms with Gasteiger partial charge in [-0.2, -0.15) is 0 Å². The fourth-order valence-electron chi connectivity index (χ4n) is 4.11. The molecule has 0 amide bonds. The van der Waals surface area contributed by atoms with Crippen LogP contribution in [-0.2, 0) is 0 Å². The second-order valence-corrected chi connectivity index (χ2v) is 8.11. The van der Waals surface area contributed by atoms with Crippen molar-refractivity contribution in [1.29, 1.82) is 0 Å². The fourth-order valence-corrected chi connectivity index (χ4v) is 4.55. The van der Waals surface area contributed by atoms with Crippen LogP contribution in [0.1, 0.15) is 17.9 Å². The summed E-state index contributed by atoms with van der Waals surface area (Å²) in [6.45, 7) is 0.555. The molecule has 6 nitrogen and oxygen atoms in total. The van der Waals surface area contributed by atoms with Crippen LogP contribution in [0.5, 0.6) is 11.5 Å². The topological polar surface area (TPSA) is 94.1 Å². The highest BCUT2D eigenvalue weighted by atomic mass is 79.9. The van der Waals surface area contributed by atoms with Crippen LogP contribution in [0.4, 0.5) is 4.39 Å². The quantitative estimate of drug-likeness (QED) is 0.504. The highest BCUT2D eigenvalue weighted by Gasteiger charge is 2.36. The Labute approximate surface area is 186 Å². The molecule has 2 atom stereocenters. The van der Waals surface area contributed by atoms with E-state index in [1.807, 2.05) is 11.9 Å². The first-order valence-corrected chi connectivity index (χ1v) is 9.90. The number of rotatable bonds is 3. The first-order chi connectivity index (χ1) is 13.8. The van der Waals surface area contributed by atoms with E-state index in [1.165, 1.54) is 24.3 Å². The molecule has 1 aromatic heterocycles. The maximum absolute atomic E-state index is 13.8. The minimum absolute atomic E-state index is 0. The summed E-state index contributed by atoms with van der Waals surface area (Å²) in [5.41, 5.74) is 0.218. The monoisotopic (exact) mass is 499 g/mol. The number of aliphatic hydroxyl groups is 1. The minimum Gasteiger partial charge on any atom is -0.507 e. The van der Waals surface area contributed by atoms with Gasteiger partial charge in [0.15, 0.2) is 5.43 Å². The van der Waals surface area contributed by atoms with Gasteiger partial charge >= 0.3 is 0 Å². The molecule has 1 fully saturated rings. The number of nitrogens with zero attached hydrogens (tertiary/aromatic N) is 1. The lowest BCUT2D eigenvalue weighted by molar-refractivity contribution is 0.172. The van der Waals surface area contributed by atoms with Crippen molar-refractivity contribution in [3.8, 4) is 22.8 Å². The lowest BCUT2D eigenvalue weighted by Gasteiger charge is -2.24. The van der Waals surface area contributed by atoms with E-state index in [-0.39, 0.29) is 53.5 Å². The summed E-state index contributed by atoms with van der Waals surface area (Å²) >= 11 is 3.33. The van der Waals surface area contributed by atoms with Crippen molar-refractivity contribution in [3.05, 3.63) is 56.4 Å². The van der Waals surface area contributed by atoms with Crippen molar-refractivity contribution in [3.63, 3.8) is 0 Å². The Morgan fingerprint density at radius 2 is 1.97 bits per heavy atom. The molecule has 1 saturated heterocycles. The van der Waals surface area contributed by atoms with E-state index < -0.39 is 17.0 Å². The summed E-state index contributed by atoms with van der Waals surface area (Å²) in [7, 11) is 1.87. The molecule has 30 heavy (non-hydrogen) atoms. The van der Waals surface area contributed by atoms with E-state index in [0.717, 1.165) is 6.07 Å². The number of halogens is 3. The lowest BCUT2D eigenvalue weighted by Crippen LogP contribution is -2.32. The SMILES string of the molecule is CN1CC[C@H](c2c(O)cc(O)c3c(=O)cc(-c4cc(F)ccc4Br)oc23)[C@H]1CO.Cl. The van der Waals surface area contributed by atoms with Crippen LogP contribution < -0.4 is 5.43 Å². The molecule has 0 spiro atoms. The molecule has 1 aliphatic rings. The smallest absolute Gasteiger partial charge is 0.197 e. The Morgan fingerprint density at radius 3 is 2.67 bits per heavy atom. The maximum Gasteiger partial charge on any atom is 0.197 e. The van der Waals surface area contributed by atoms with Crippen LogP contribution in [0, 0.1) is 5.82 Å². The molecule has 0 bridgehead atoms. The van der Waals surface area contributed by atoms with Crippen LogP contribution in [0.3, 0.4) is 0 Å². The molecule has 1 aliphatic heterocycles. The summed E-state index contributed by atoms with van der Waals surface area (Å²) in [6, 6.07) is 6.05. The van der Waals surface area contributed by atoms with Crippen molar-refractivity contribution in [1.82, 2.24) is 4.90 Å². The summed E-state index contributed by atoms with van der Waals surface area (Å²) < 4.78 is 20.3. The van der Waals surface area contributed by atoms with Crippen molar-refractivity contribution in [2.45, 2.75) is 18.4 Å². The van der Waals surface area contributed by atoms with Gasteiger partial charge in [0.1, 0.15) is 34.0 Å². The second-order valence-electron chi connectivity index (χ2n) is 7.26. The Morgan fingerprint density at radius 1 is 1.23 bits per heavy atom. The molecule has 0 aliphatic carbocycles. The zero-order valence-corrected chi connectivity index (χ0v) is 18.3. The van der Waals surface area contributed by atoms with Gasteiger partial charge in [0, 0.05) is 39.7 Å². The third-order valence-corrected chi connectivity index (χ3v) is 6.26. The van der Waals surface area contributed by atoms with Gasteiger partial charge in [-0.25, -0.2) is 4.39 Å². The molecule has 0 unspecified atom stereocenters. The lowest BCUT2D eigenvalue weighted by atomic mass is 9.89. The number of phenolic OH excluding ortho intramolecular Hbond substituents is 2. The van der Waals surface area contributed by atoms with Crippen LogP contribution in [0.25, 0.3) is 22.3 Å². The molecule has 9 heteroatoms. The fraction of sp³-hybridized carbons (Fsp3) is 0.286. The number of benzene rings is 2. The van der Waals surface area contributed by atoms with Gasteiger partial charge in [0.2, 0.25) is 0 Å². The van der Waals surface area contributed by atoms with E-state index in [4.69, 9.17) is 4.42 Å². The van der Waals surface area contributed by atoms with Gasteiger partial charge in [-0.3, -0.25) is 4.79 Å². The average Bonchev–Trinajstić information content (AvgIpc) is 3.03. The molecule has 3 aromatic rings. The number of aromatic hydroxyl groups is 2. The summed E-state index contributed by atoms with van der Waals surface area (Å²) in [6.07, 6.45) is 0.632. The van der Waals surface area contributed by atoms with E-state index in [0.29, 0.717) is 28.6 Å². The van der Waals surface area contributed by atoms with E-state index in [2.05, 4.69) is 15.9 Å². The second kappa shape index (κ2) is 8.55. The molecule has 3 N–H and O–H groups in total. The van der Waals surface area contributed by atoms with Gasteiger partial charge in [-0.05, 0) is 38.2 Å². The summed E-state index contributed by atoms with van der Waals surface area (Å²) in [5.74, 6) is -1.31. The molecule has 0 radical (unpaired) electrons. The number of aliphatic hydroxyl groups excluding tert-OH is 1. The van der Waals surface area contributed by atoms with Gasteiger partial charge in [0.05, 0.1) is 6.61 Å². The summed E-state index contributed by atoms with van der Waals surface area (Å²) in [5, 5.41) is 30.7. The van der Waals surface area contributed by atoms with Gasteiger partial charge < -0.3 is 24.6 Å². The van der Waals surface area contributed by atoms with Crippen molar-refractivity contribution in [2.24, 2.45) is 0 Å². The van der Waals surface area contributed by atoms with Crippen molar-refractivity contribution < 1.29 is 24.1 Å². The predicted molar refractivity (Wildman–Crippen MR) is 117 cm³/mol. The van der Waals surface area contributed by atoms with Gasteiger partial charge in [-0.1, -0.05) is 15.9 Å². The molecule has 2 aromatic carbocycles. The van der Waals surface area contributed by atoms with Gasteiger partial charge in [-0.15, -0.1) is 12.4 Å². The molecular weight excluding hydrogens is 481 g/mol. The van der Waals surface area contributed by atoms with E-state index in [1.54, 1.807) is 0 Å². The Balaban J connectivity index is 0.00000256. The van der Waals surface area contributed by atoms with Crippen LogP contribution >= 0.6 is 28.3 Å². The molecule has 4 rings (SSSR count). The maximum atomic E-state index is 13.8. The Bertz CT molecular complexity index is 1170. The first kappa shape index (κ1) is 22.6. The van der Waals surface area contributed by atoms with Crippen molar-refractivity contribution in [2.75, 3.05) is 20.2 Å². The van der Waals surface area contributed by atoms with Gasteiger partial charge in [0.25, 0.3) is 0 Å². The zero-order chi connectivity index (χ0) is 20.9. The Hall–Kier alpha value is -2.13. The predicted octanol–water partition coefficient (Wildman–Crippen LogP) is 3.97. The number of likely N-dealkylation sites (tertiary alicyclic amines) is 1. The number of hydrogen-bond donors (Lipinski definition) is 3. The number of hydrogen-bond acceptors (Lipinski definition) is 6. The molecule has 2 heterocycles. The zero-order valence-electron chi connectivity index (χ0n) is 15.9. The standard InChI is InChI=1S/C21H19BrFNO5.ClH/c1-24-5-4-11(14(24)9-25)19-15(26)7-16(27)20-17(28)8-18(29-21(19)20)12-6-10(23)2-3-13(12)22;/h2-3,6-8,11,14,25-27H,4-5,9H2,1H3;1H/t11-,14+;/m0./s1. The van der Waals surface area contributed by atoms with Crippen molar-refractivity contribution >= 4 is 39.3 Å². The third kappa shape index (κ3) is 3.69. The number of likely N-dealkylation sites (N-methyl/N-ethyl adjacent to an activating group) is 1. The van der Waals surface area contributed by atoms with Crippen LogP contribution in [0.2, 0.25) is 0 Å². The largest absolute Gasteiger partial charge is 0.507 e. The highest BCUT2D eigenvalue weighted by molar-refractivity contribution is 9.10. The molecule has 0 saturated carbocycles. The Kier molecular flexibility index (Phi) is 6.43. The highest BCUT2D eigenvalue weighted by Crippen LogP contribution is 2.44. The normalized spacial score (nSPS) is 19.2. The average molecular weight is 501 g/mol. The molecule has 160 valence electrons. The summed E-state index contributed by atoms with van der Waals surface area (Å²) in [4.78, 5) is 14.8. The first-order valence-electron chi connectivity index (χ1n) is 9.11. The third-order valence-electron chi connectivity index (χ3n) is 5.57. The molecular formula is C21H20BrClFNO5. The van der Waals surface area contributed by atoms with E-state index in [9.17, 15) is 24.5 Å². The number of fused-ring (bicyclic) bond motifs is 1. The minimum atomic E-state index is -0.511. The van der Waals surface area contributed by atoms with Crippen LogP contribution in [-0.4, -0.2) is 46.5 Å². The van der Waals surface area contributed by atoms with Crippen LogP contribution in [0.15, 0.2) is 44.0 Å². The van der Waals surface area contributed by atoms with E-state index >= 15 is 0 Å². The number of phenols is 2.